The molecule has 0 saturated carbocycles. The Kier molecular flexibility index (Phi) is 0.204. The Hall–Kier alpha value is -0.790. The molecule has 2 nitrogen and oxygen atoms in total. The Morgan fingerprint density at radius 3 is 3.50 bits per heavy atom. The fraction of sp³-hybridized carbons (Fsp3) is 0.250. The molecule has 0 aliphatic rings. The molecule has 32 valence electrons. The third-order valence-electron chi connectivity index (χ3n) is 0.453. The first-order chi connectivity index (χ1) is 4.50. The second kappa shape index (κ2) is 1.12. The molecule has 1 heterocycles. The zero-order valence-corrected chi connectivity index (χ0v) is 3.05. The molecule has 0 atom stereocenters. The van der Waals surface area contributed by atoms with Crippen molar-refractivity contribution in [1.29, 1.82) is 0 Å². The van der Waals surface area contributed by atoms with E-state index in [0.717, 1.165) is 10.9 Å². The zero-order valence-electron chi connectivity index (χ0n) is 7.05. The van der Waals surface area contributed by atoms with Crippen LogP contribution in [0.3, 0.4) is 0 Å². The van der Waals surface area contributed by atoms with Crippen molar-refractivity contribution in [3.63, 3.8) is 0 Å². The first-order valence-corrected chi connectivity index (χ1v) is 1.52. The van der Waals surface area contributed by atoms with Crippen LogP contribution in [0.5, 0.6) is 0 Å². The van der Waals surface area contributed by atoms with E-state index >= 15 is 0 Å². The van der Waals surface area contributed by atoms with Crippen LogP contribution in [0, 0.1) is 0 Å². The molecule has 0 amide bonds. The SMILES string of the molecule is [2H]c1cnn(C([2H])([2H])[2H])c1. The van der Waals surface area contributed by atoms with Crippen molar-refractivity contribution in [2.75, 3.05) is 0 Å². The van der Waals surface area contributed by atoms with Gasteiger partial charge in [-0.25, -0.2) is 0 Å². The van der Waals surface area contributed by atoms with E-state index in [2.05, 4.69) is 5.10 Å². The van der Waals surface area contributed by atoms with E-state index in [0.29, 0.717) is 0 Å². The number of rotatable bonds is 0. The van der Waals surface area contributed by atoms with Crippen LogP contribution < -0.4 is 0 Å². The molecular weight excluding hydrogens is 76.1 g/mol. The maximum atomic E-state index is 6.96. The average Bonchev–Trinajstić information content (AvgIpc) is 2.11. The predicted molar refractivity (Wildman–Crippen MR) is 23.2 cm³/mol. The maximum Gasteiger partial charge on any atom is 0.0656 e. The Bertz CT molecular complexity index is 225. The lowest BCUT2D eigenvalue weighted by Gasteiger charge is -1.77. The van der Waals surface area contributed by atoms with Gasteiger partial charge >= 0.3 is 0 Å². The van der Waals surface area contributed by atoms with Crippen molar-refractivity contribution in [3.8, 4) is 0 Å². The summed E-state index contributed by atoms with van der Waals surface area (Å²) in [6.07, 6.45) is 2.35. The van der Waals surface area contributed by atoms with Gasteiger partial charge in [0.2, 0.25) is 0 Å². The molecule has 0 aliphatic carbocycles. The average molecular weight is 86.1 g/mol. The molecule has 6 heavy (non-hydrogen) atoms. The molecule has 0 unspecified atom stereocenters. The van der Waals surface area contributed by atoms with E-state index in [9.17, 15) is 0 Å². The summed E-state index contributed by atoms with van der Waals surface area (Å²) < 4.78 is 28.3. The molecular formula is C4H6N2. The zero-order chi connectivity index (χ0) is 7.78. The summed E-state index contributed by atoms with van der Waals surface area (Å²) in [7, 11) is 0. The lowest BCUT2D eigenvalue weighted by Crippen LogP contribution is -1.83. The van der Waals surface area contributed by atoms with Gasteiger partial charge in [0.1, 0.15) is 0 Å². The highest BCUT2D eigenvalue weighted by Gasteiger charge is 1.69. The molecule has 1 aromatic heterocycles. The highest BCUT2D eigenvalue weighted by molar-refractivity contribution is 4.75. The van der Waals surface area contributed by atoms with Crippen molar-refractivity contribution >= 4 is 0 Å². The van der Waals surface area contributed by atoms with Crippen LogP contribution in [-0.4, -0.2) is 9.78 Å². The van der Waals surface area contributed by atoms with Crippen LogP contribution in [-0.2, 0) is 6.98 Å². The summed E-state index contributed by atoms with van der Waals surface area (Å²) in [4.78, 5) is 0. The molecule has 0 N–H and O–H groups in total. The minimum absolute atomic E-state index is 0.108. The van der Waals surface area contributed by atoms with E-state index in [-0.39, 0.29) is 6.04 Å². The van der Waals surface area contributed by atoms with Crippen LogP contribution in [0.2, 0.25) is 0 Å². The molecule has 0 aromatic carbocycles. The van der Waals surface area contributed by atoms with Gasteiger partial charge in [-0.1, -0.05) is 0 Å². The monoisotopic (exact) mass is 86.1 g/mol. The van der Waals surface area contributed by atoms with Gasteiger partial charge < -0.3 is 0 Å². The van der Waals surface area contributed by atoms with E-state index in [1.807, 2.05) is 0 Å². The Balaban J connectivity index is 2.96. The highest BCUT2D eigenvalue weighted by atomic mass is 15.2. The number of aryl methyl sites for hydroxylation is 1. The summed E-state index contributed by atoms with van der Waals surface area (Å²) in [6, 6.07) is 0.108. The smallest absolute Gasteiger partial charge is 0.0656 e. The topological polar surface area (TPSA) is 17.8 Å². The van der Waals surface area contributed by atoms with E-state index in [1.54, 1.807) is 0 Å². The summed E-state index contributed by atoms with van der Waals surface area (Å²) in [5.74, 6) is 0. The van der Waals surface area contributed by atoms with Crippen molar-refractivity contribution in [2.24, 2.45) is 6.98 Å². The van der Waals surface area contributed by atoms with Gasteiger partial charge in [-0.15, -0.1) is 0 Å². The lowest BCUT2D eigenvalue weighted by atomic mass is 10.8. The molecule has 0 radical (unpaired) electrons. The van der Waals surface area contributed by atoms with Gasteiger partial charge in [0.15, 0.2) is 0 Å². The Morgan fingerprint density at radius 1 is 2.17 bits per heavy atom. The minimum atomic E-state index is -2.25. The van der Waals surface area contributed by atoms with Gasteiger partial charge in [-0.2, -0.15) is 5.10 Å². The van der Waals surface area contributed by atoms with Gasteiger partial charge in [0.25, 0.3) is 0 Å². The molecule has 1 rings (SSSR count). The third kappa shape index (κ3) is 0.407. The highest BCUT2D eigenvalue weighted by Crippen LogP contribution is 1.73. The predicted octanol–water partition coefficient (Wildman–Crippen LogP) is 0.420. The van der Waals surface area contributed by atoms with Gasteiger partial charge in [0.05, 0.1) is 1.37 Å². The van der Waals surface area contributed by atoms with Crippen LogP contribution in [0.15, 0.2) is 18.4 Å². The number of nitrogens with zero attached hydrogens (tertiary/aromatic N) is 2. The van der Waals surface area contributed by atoms with Gasteiger partial charge in [0, 0.05) is 23.5 Å². The molecule has 0 saturated heterocycles. The van der Waals surface area contributed by atoms with E-state index in [4.69, 9.17) is 5.48 Å². The largest absolute Gasteiger partial charge is 0.276 e. The molecule has 0 aliphatic heterocycles. The second-order valence-corrected chi connectivity index (χ2v) is 0.885. The van der Waals surface area contributed by atoms with Gasteiger partial charge in [-0.3, -0.25) is 4.68 Å². The lowest BCUT2D eigenvalue weighted by molar-refractivity contribution is 0.768. The minimum Gasteiger partial charge on any atom is -0.276 e. The van der Waals surface area contributed by atoms with Crippen molar-refractivity contribution < 1.29 is 5.48 Å². The third-order valence-corrected chi connectivity index (χ3v) is 0.453. The summed E-state index contributed by atoms with van der Waals surface area (Å²) in [5.41, 5.74) is 0. The fourth-order valence-corrected chi connectivity index (χ4v) is 0.233. The van der Waals surface area contributed by atoms with Crippen LogP contribution in [0.25, 0.3) is 0 Å². The first kappa shape index (κ1) is 1.09. The second-order valence-electron chi connectivity index (χ2n) is 0.885. The summed E-state index contributed by atoms with van der Waals surface area (Å²) >= 11 is 0. The Labute approximate surface area is 42.0 Å². The number of hydrogen-bond acceptors (Lipinski definition) is 1. The molecule has 2 heteroatoms. The van der Waals surface area contributed by atoms with Crippen LogP contribution in [0.1, 0.15) is 5.48 Å². The first-order valence-electron chi connectivity index (χ1n) is 3.52. The summed E-state index contributed by atoms with van der Waals surface area (Å²) in [6.45, 7) is -2.25. The van der Waals surface area contributed by atoms with Crippen LogP contribution in [0.4, 0.5) is 0 Å². The molecule has 0 spiro atoms. The Morgan fingerprint density at radius 2 is 3.17 bits per heavy atom. The van der Waals surface area contributed by atoms with E-state index < -0.39 is 6.98 Å². The summed E-state index contributed by atoms with van der Waals surface area (Å²) in [5, 5.41) is 3.45. The maximum absolute atomic E-state index is 6.96. The van der Waals surface area contributed by atoms with Crippen LogP contribution >= 0.6 is 0 Å². The fourth-order valence-electron chi connectivity index (χ4n) is 0.233. The molecule has 0 fully saturated rings. The normalized spacial score (nSPS) is 20.7. The van der Waals surface area contributed by atoms with E-state index in [1.165, 1.54) is 6.20 Å². The number of aromatic nitrogens is 2. The van der Waals surface area contributed by atoms with Crippen molar-refractivity contribution in [1.82, 2.24) is 9.78 Å². The quantitative estimate of drug-likeness (QED) is 0.447. The van der Waals surface area contributed by atoms with Crippen molar-refractivity contribution in [2.45, 2.75) is 0 Å². The van der Waals surface area contributed by atoms with Gasteiger partial charge in [-0.05, 0) is 6.04 Å². The number of hydrogen-bond donors (Lipinski definition) is 0. The van der Waals surface area contributed by atoms with Crippen molar-refractivity contribution in [3.05, 3.63) is 18.4 Å². The molecule has 1 aromatic rings. The standard InChI is InChI=1S/C4H6N2/c1-6-4-2-3-5-6/h2-4H,1H3/i1D3,2D. The molecule has 0 bridgehead atoms.